The Morgan fingerprint density at radius 3 is 2.94 bits per heavy atom. The first-order chi connectivity index (χ1) is 8.61. The molecule has 18 heavy (non-hydrogen) atoms. The number of carbonyl (C=O) groups excluding carboxylic acids is 1. The summed E-state index contributed by atoms with van der Waals surface area (Å²) in [6.45, 7) is 0.572. The van der Waals surface area contributed by atoms with Crippen LogP contribution < -0.4 is 10.1 Å². The molecule has 1 aliphatic rings. The largest absolute Gasteiger partial charge is 0.487 e. The molecule has 6 heteroatoms. The molecule has 0 aromatic heterocycles. The Morgan fingerprint density at radius 2 is 2.22 bits per heavy atom. The molecule has 4 nitrogen and oxygen atoms in total. The summed E-state index contributed by atoms with van der Waals surface area (Å²) in [6, 6.07) is 4.89. The van der Waals surface area contributed by atoms with Gasteiger partial charge in [0.25, 0.3) is 0 Å². The van der Waals surface area contributed by atoms with Crippen LogP contribution >= 0.6 is 23.2 Å². The summed E-state index contributed by atoms with van der Waals surface area (Å²) in [5.74, 6) is 0.250. The maximum Gasteiger partial charge on any atom is 0.323 e. The molecule has 0 unspecified atom stereocenters. The van der Waals surface area contributed by atoms with E-state index < -0.39 is 0 Å². The highest BCUT2D eigenvalue weighted by atomic mass is 35.5. The molecule has 1 aliphatic heterocycles. The lowest BCUT2D eigenvalue weighted by atomic mass is 10.2. The minimum atomic E-state index is -0.321. The van der Waals surface area contributed by atoms with E-state index in [9.17, 15) is 4.79 Å². The van der Waals surface area contributed by atoms with E-state index >= 15 is 0 Å². The van der Waals surface area contributed by atoms with Crippen LogP contribution in [0.1, 0.15) is 6.42 Å². The van der Waals surface area contributed by atoms with E-state index in [1.54, 1.807) is 18.2 Å². The Morgan fingerprint density at radius 1 is 1.44 bits per heavy atom. The zero-order valence-electron chi connectivity index (χ0n) is 9.78. The summed E-state index contributed by atoms with van der Waals surface area (Å²) in [4.78, 5) is 11.3. The molecule has 0 saturated carbocycles. The van der Waals surface area contributed by atoms with Gasteiger partial charge in [-0.3, -0.25) is 4.79 Å². The molecule has 2 rings (SSSR count). The van der Waals surface area contributed by atoms with E-state index in [0.717, 1.165) is 0 Å². The first kappa shape index (κ1) is 13.5. The highest BCUT2D eigenvalue weighted by Gasteiger charge is 2.31. The molecule has 1 fully saturated rings. The van der Waals surface area contributed by atoms with Gasteiger partial charge >= 0.3 is 5.97 Å². The molecule has 1 aromatic carbocycles. The number of benzene rings is 1. The number of methoxy groups -OCH3 is 1. The minimum absolute atomic E-state index is 0.120. The fourth-order valence-electron chi connectivity index (χ4n) is 1.87. The van der Waals surface area contributed by atoms with Gasteiger partial charge in [-0.15, -0.1) is 0 Å². The molecule has 0 bridgehead atoms. The van der Waals surface area contributed by atoms with Crippen molar-refractivity contribution in [1.29, 1.82) is 0 Å². The fraction of sp³-hybridized carbons (Fsp3) is 0.417. The van der Waals surface area contributed by atoms with Crippen LogP contribution in [0.2, 0.25) is 10.0 Å². The number of hydrogen-bond acceptors (Lipinski definition) is 4. The third-order valence-corrected chi connectivity index (χ3v) is 3.59. The van der Waals surface area contributed by atoms with Crippen LogP contribution in [-0.4, -0.2) is 31.8 Å². The minimum Gasteiger partial charge on any atom is -0.487 e. The molecule has 98 valence electrons. The zero-order chi connectivity index (χ0) is 13.1. The Hall–Kier alpha value is -0.970. The van der Waals surface area contributed by atoms with E-state index in [-0.39, 0.29) is 18.1 Å². The predicted molar refractivity (Wildman–Crippen MR) is 69.3 cm³/mol. The van der Waals surface area contributed by atoms with Crippen molar-refractivity contribution in [3.05, 3.63) is 28.2 Å². The van der Waals surface area contributed by atoms with Crippen LogP contribution in [0, 0.1) is 0 Å². The van der Waals surface area contributed by atoms with Gasteiger partial charge in [-0.05, 0) is 12.1 Å². The number of esters is 1. The van der Waals surface area contributed by atoms with Gasteiger partial charge < -0.3 is 14.8 Å². The number of nitrogens with one attached hydrogen (secondary N) is 1. The fourth-order valence-corrected chi connectivity index (χ4v) is 2.21. The summed E-state index contributed by atoms with van der Waals surface area (Å²) < 4.78 is 10.4. The highest BCUT2D eigenvalue weighted by molar-refractivity contribution is 6.42. The lowest BCUT2D eigenvalue weighted by Crippen LogP contribution is -2.31. The second-order valence-electron chi connectivity index (χ2n) is 4.01. The quantitative estimate of drug-likeness (QED) is 0.868. The van der Waals surface area contributed by atoms with Crippen molar-refractivity contribution in [2.75, 3.05) is 13.7 Å². The molecule has 1 saturated heterocycles. The van der Waals surface area contributed by atoms with Gasteiger partial charge in [-0.25, -0.2) is 0 Å². The highest BCUT2D eigenvalue weighted by Crippen LogP contribution is 2.32. The summed E-state index contributed by atoms with van der Waals surface area (Å²) in [6.07, 6.45) is 0.431. The number of rotatable bonds is 3. The van der Waals surface area contributed by atoms with Gasteiger partial charge in [0.2, 0.25) is 0 Å². The summed E-state index contributed by atoms with van der Waals surface area (Å²) in [7, 11) is 1.37. The number of carbonyl (C=O) groups is 1. The Labute approximate surface area is 115 Å². The molecule has 0 aliphatic carbocycles. The van der Waals surface area contributed by atoms with Crippen LogP contribution in [-0.2, 0) is 9.53 Å². The van der Waals surface area contributed by atoms with Crippen LogP contribution in [0.3, 0.4) is 0 Å². The monoisotopic (exact) mass is 289 g/mol. The standard InChI is InChI=1S/C12H13Cl2NO3/c1-17-12(16)9-5-7(6-15-9)18-10-4-2-3-8(13)11(10)14/h2-4,7,9,15H,5-6H2,1H3/t7-,9-/m1/s1. The van der Waals surface area contributed by atoms with Gasteiger partial charge in [0.05, 0.1) is 12.1 Å². The molecular weight excluding hydrogens is 277 g/mol. The van der Waals surface area contributed by atoms with Crippen LogP contribution in [0.5, 0.6) is 5.75 Å². The maximum atomic E-state index is 11.3. The lowest BCUT2D eigenvalue weighted by molar-refractivity contribution is -0.142. The molecule has 0 spiro atoms. The molecular formula is C12H13Cl2NO3. The average molecular weight is 290 g/mol. The number of ether oxygens (including phenoxy) is 2. The van der Waals surface area contributed by atoms with Crippen molar-refractivity contribution in [2.45, 2.75) is 18.6 Å². The van der Waals surface area contributed by atoms with Crippen molar-refractivity contribution >= 4 is 29.2 Å². The Bertz CT molecular complexity index is 453. The van der Waals surface area contributed by atoms with E-state index in [2.05, 4.69) is 10.1 Å². The maximum absolute atomic E-state index is 11.3. The third-order valence-electron chi connectivity index (χ3n) is 2.79. The van der Waals surface area contributed by atoms with Gasteiger partial charge in [0.15, 0.2) is 0 Å². The lowest BCUT2D eigenvalue weighted by Gasteiger charge is -2.14. The van der Waals surface area contributed by atoms with Gasteiger partial charge in [0, 0.05) is 13.0 Å². The first-order valence-electron chi connectivity index (χ1n) is 5.53. The normalized spacial score (nSPS) is 22.8. The molecule has 1 aromatic rings. The van der Waals surface area contributed by atoms with Crippen LogP contribution in [0.15, 0.2) is 18.2 Å². The second-order valence-corrected chi connectivity index (χ2v) is 4.80. The Kier molecular flexibility index (Phi) is 4.32. The van der Waals surface area contributed by atoms with E-state index in [4.69, 9.17) is 27.9 Å². The molecule has 1 N–H and O–H groups in total. The smallest absolute Gasteiger partial charge is 0.323 e. The molecule has 1 heterocycles. The molecule has 0 amide bonds. The second kappa shape index (κ2) is 5.78. The third kappa shape index (κ3) is 2.88. The van der Waals surface area contributed by atoms with Crippen molar-refractivity contribution in [3.8, 4) is 5.75 Å². The van der Waals surface area contributed by atoms with Gasteiger partial charge in [0.1, 0.15) is 22.9 Å². The molecule has 2 atom stereocenters. The topological polar surface area (TPSA) is 47.6 Å². The SMILES string of the molecule is COC(=O)[C@H]1C[C@@H](Oc2cccc(Cl)c2Cl)CN1. The number of hydrogen-bond donors (Lipinski definition) is 1. The van der Waals surface area contributed by atoms with Crippen molar-refractivity contribution < 1.29 is 14.3 Å². The summed E-state index contributed by atoms with van der Waals surface area (Å²) >= 11 is 11.9. The summed E-state index contributed by atoms with van der Waals surface area (Å²) in [5.41, 5.74) is 0. The van der Waals surface area contributed by atoms with Crippen LogP contribution in [0.4, 0.5) is 0 Å². The predicted octanol–water partition coefficient (Wildman–Crippen LogP) is 2.28. The van der Waals surface area contributed by atoms with Crippen molar-refractivity contribution in [1.82, 2.24) is 5.32 Å². The van der Waals surface area contributed by atoms with Gasteiger partial charge in [-0.2, -0.15) is 0 Å². The summed E-state index contributed by atoms with van der Waals surface area (Å²) in [5, 5.41) is 3.87. The van der Waals surface area contributed by atoms with Gasteiger partial charge in [-0.1, -0.05) is 29.3 Å². The van der Waals surface area contributed by atoms with Crippen molar-refractivity contribution in [2.24, 2.45) is 0 Å². The number of halogens is 2. The average Bonchev–Trinajstić information content (AvgIpc) is 2.82. The first-order valence-corrected chi connectivity index (χ1v) is 6.29. The van der Waals surface area contributed by atoms with Crippen LogP contribution in [0.25, 0.3) is 0 Å². The molecule has 0 radical (unpaired) electrons. The zero-order valence-corrected chi connectivity index (χ0v) is 11.3. The van der Waals surface area contributed by atoms with Crippen molar-refractivity contribution in [3.63, 3.8) is 0 Å². The van der Waals surface area contributed by atoms with E-state index in [0.29, 0.717) is 28.8 Å². The Balaban J connectivity index is 1.99. The van der Waals surface area contributed by atoms with E-state index in [1.807, 2.05) is 0 Å². The van der Waals surface area contributed by atoms with E-state index in [1.165, 1.54) is 7.11 Å².